The Morgan fingerprint density at radius 2 is 0.938 bits per heavy atom. The fraction of sp³-hybridized carbons (Fsp3) is 1.00. The van der Waals surface area contributed by atoms with Crippen LogP contribution < -0.4 is 0 Å². The molecule has 0 aromatic heterocycles. The van der Waals surface area contributed by atoms with Crippen LogP contribution in [0.3, 0.4) is 0 Å². The molecule has 0 rings (SSSR count). The molecule has 0 saturated heterocycles. The van der Waals surface area contributed by atoms with Gasteiger partial charge >= 0.3 is 118 Å². The van der Waals surface area contributed by atoms with E-state index < -0.39 is 8.07 Å². The molecule has 0 aliphatic rings. The van der Waals surface area contributed by atoms with Gasteiger partial charge in [0.2, 0.25) is 0 Å². The molecular weight excluding hydrogens is 324 g/mol. The van der Waals surface area contributed by atoms with Crippen LogP contribution in [-0.2, 0) is 0 Å². The Morgan fingerprint density at radius 1 is 0.688 bits per heavy atom. The van der Waals surface area contributed by atoms with E-state index in [1.165, 1.54) is 10.5 Å². The van der Waals surface area contributed by atoms with Gasteiger partial charge in [0.1, 0.15) is 0 Å². The molecule has 0 nitrogen and oxygen atoms in total. The summed E-state index contributed by atoms with van der Waals surface area (Å²) in [4.78, 5) is 0. The van der Waals surface area contributed by atoms with Crippen molar-refractivity contribution in [1.29, 1.82) is 0 Å². The summed E-state index contributed by atoms with van der Waals surface area (Å²) in [7, 11) is -1.39. The van der Waals surface area contributed by atoms with Gasteiger partial charge in [0.25, 0.3) is 0 Å². The summed E-state index contributed by atoms with van der Waals surface area (Å²) in [6.45, 7) is 22.3. The fourth-order valence-corrected chi connectivity index (χ4v) is 16.9. The van der Waals surface area contributed by atoms with Crippen molar-refractivity contribution >= 4 is 30.4 Å². The molecule has 0 aliphatic heterocycles. The third kappa shape index (κ3) is 2.87. The summed E-state index contributed by atoms with van der Waals surface area (Å²) in [6, 6.07) is 1.47. The zero-order chi connectivity index (χ0) is 13.4. The second kappa shape index (κ2) is 4.94. The SMILES string of the molecule is CC(C)(C)[Si](CC[TeH])(C(C)(C)C)C(C)(C)C. The van der Waals surface area contributed by atoms with E-state index in [-0.39, 0.29) is 0 Å². The van der Waals surface area contributed by atoms with E-state index in [2.05, 4.69) is 62.3 Å². The Kier molecular flexibility index (Phi) is 5.25. The summed E-state index contributed by atoms with van der Waals surface area (Å²) < 4.78 is 1.38. The molecule has 0 heterocycles. The Labute approximate surface area is 118 Å². The van der Waals surface area contributed by atoms with Crippen molar-refractivity contribution < 1.29 is 0 Å². The second-order valence-corrected chi connectivity index (χ2v) is 16.2. The molecule has 0 radical (unpaired) electrons. The Hall–Kier alpha value is 1.01. The Balaban J connectivity index is 5.82. The van der Waals surface area contributed by atoms with E-state index in [0.29, 0.717) is 15.1 Å². The number of rotatable bonds is 2. The third-order valence-corrected chi connectivity index (χ3v) is 14.9. The summed E-state index contributed by atoms with van der Waals surface area (Å²) in [5.74, 6) is 0. The molecule has 0 amide bonds. The first-order valence-electron chi connectivity index (χ1n) is 6.42. The van der Waals surface area contributed by atoms with E-state index in [1.807, 2.05) is 22.3 Å². The molecule has 98 valence electrons. The van der Waals surface area contributed by atoms with Crippen LogP contribution in [0.15, 0.2) is 0 Å². The van der Waals surface area contributed by atoms with Crippen LogP contribution in [-0.4, -0.2) is 30.4 Å². The third-order valence-electron chi connectivity index (χ3n) is 4.33. The van der Waals surface area contributed by atoms with Gasteiger partial charge in [-0.3, -0.25) is 0 Å². The molecule has 0 N–H and O–H groups in total. The number of hydrogen-bond acceptors (Lipinski definition) is 0. The molecule has 0 aromatic rings. The molecule has 16 heavy (non-hydrogen) atoms. The van der Waals surface area contributed by atoms with Crippen molar-refractivity contribution in [2.75, 3.05) is 0 Å². The van der Waals surface area contributed by atoms with Gasteiger partial charge in [-0.25, -0.2) is 0 Å². The van der Waals surface area contributed by atoms with Crippen LogP contribution in [0.5, 0.6) is 0 Å². The summed E-state index contributed by atoms with van der Waals surface area (Å²) >= 11 is 1.99. The van der Waals surface area contributed by atoms with E-state index in [0.717, 1.165) is 0 Å². The van der Waals surface area contributed by atoms with Crippen molar-refractivity contribution in [3.63, 3.8) is 0 Å². The molecule has 0 atom stereocenters. The van der Waals surface area contributed by atoms with Gasteiger partial charge in [-0.1, -0.05) is 0 Å². The maximum absolute atomic E-state index is 2.48. The molecule has 0 spiro atoms. The first-order chi connectivity index (χ1) is 6.81. The second-order valence-electron chi connectivity index (χ2n) is 8.13. The first kappa shape index (κ1) is 17.0. The van der Waals surface area contributed by atoms with E-state index >= 15 is 0 Å². The molecule has 0 aromatic carbocycles. The van der Waals surface area contributed by atoms with E-state index in [9.17, 15) is 0 Å². The Morgan fingerprint density at radius 3 is 1.00 bits per heavy atom. The molecular formula is C14H32SiTe. The zero-order valence-electron chi connectivity index (χ0n) is 12.9. The molecule has 0 aliphatic carbocycles. The molecule has 0 bridgehead atoms. The topological polar surface area (TPSA) is 0 Å². The summed E-state index contributed by atoms with van der Waals surface area (Å²) in [6.07, 6.45) is 0. The van der Waals surface area contributed by atoms with Crippen LogP contribution >= 0.6 is 0 Å². The van der Waals surface area contributed by atoms with Crippen LogP contribution in [0.2, 0.25) is 25.6 Å². The van der Waals surface area contributed by atoms with Crippen LogP contribution in [0.4, 0.5) is 0 Å². The molecule has 2 heteroatoms. The van der Waals surface area contributed by atoms with Crippen LogP contribution in [0, 0.1) is 0 Å². The Bertz CT molecular complexity index is 189. The fourth-order valence-electron chi connectivity index (χ4n) is 4.67. The van der Waals surface area contributed by atoms with Crippen molar-refractivity contribution in [2.24, 2.45) is 0 Å². The summed E-state index contributed by atoms with van der Waals surface area (Å²) in [5.41, 5.74) is 0. The standard InChI is InChI=1S/C14H32SiTe/c1-12(2,3)15(10-11-16,13(4,5)6)14(7,8)9/h16H,10-11H2,1-9H3. The number of hydrogen-bond donors (Lipinski definition) is 0. The zero-order valence-corrected chi connectivity index (χ0v) is 16.4. The van der Waals surface area contributed by atoms with Gasteiger partial charge < -0.3 is 0 Å². The van der Waals surface area contributed by atoms with Gasteiger partial charge in [-0.2, -0.15) is 0 Å². The van der Waals surface area contributed by atoms with Crippen molar-refractivity contribution in [2.45, 2.75) is 87.9 Å². The molecule has 0 fully saturated rings. The average Bonchev–Trinajstić information content (AvgIpc) is 1.91. The van der Waals surface area contributed by atoms with Crippen molar-refractivity contribution in [3.05, 3.63) is 0 Å². The van der Waals surface area contributed by atoms with Crippen molar-refractivity contribution in [1.82, 2.24) is 0 Å². The molecule has 0 unspecified atom stereocenters. The van der Waals surface area contributed by atoms with Gasteiger partial charge in [-0.05, 0) is 0 Å². The predicted molar refractivity (Wildman–Crippen MR) is 81.7 cm³/mol. The normalized spacial score (nSPS) is 15.4. The average molecular weight is 356 g/mol. The van der Waals surface area contributed by atoms with Crippen LogP contribution in [0.25, 0.3) is 0 Å². The van der Waals surface area contributed by atoms with Gasteiger partial charge in [0, 0.05) is 0 Å². The minimum absolute atomic E-state index is 0.480. The summed E-state index contributed by atoms with van der Waals surface area (Å²) in [5, 5.41) is 1.44. The molecule has 0 saturated carbocycles. The van der Waals surface area contributed by atoms with E-state index in [1.54, 1.807) is 0 Å². The van der Waals surface area contributed by atoms with E-state index in [4.69, 9.17) is 0 Å². The van der Waals surface area contributed by atoms with Gasteiger partial charge in [0.05, 0.1) is 0 Å². The maximum atomic E-state index is 2.48. The van der Waals surface area contributed by atoms with Gasteiger partial charge in [0.15, 0.2) is 0 Å². The first-order valence-corrected chi connectivity index (χ1v) is 10.4. The monoisotopic (exact) mass is 358 g/mol. The van der Waals surface area contributed by atoms with Crippen LogP contribution in [0.1, 0.15) is 62.3 Å². The predicted octanol–water partition coefficient (Wildman–Crippen LogP) is 5.15. The van der Waals surface area contributed by atoms with Gasteiger partial charge in [-0.15, -0.1) is 0 Å². The quantitative estimate of drug-likeness (QED) is 0.600. The van der Waals surface area contributed by atoms with Crippen molar-refractivity contribution in [3.8, 4) is 0 Å². The minimum atomic E-state index is -1.39.